The lowest BCUT2D eigenvalue weighted by molar-refractivity contribution is 0.635. The minimum Gasteiger partial charge on any atom is -0.258 e. The summed E-state index contributed by atoms with van der Waals surface area (Å²) in [5, 5.41) is 1.00. The Morgan fingerprint density at radius 2 is 2.17 bits per heavy atom. The third-order valence-electron chi connectivity index (χ3n) is 1.42. The molecule has 0 aromatic carbocycles. The van der Waals surface area contributed by atoms with E-state index in [1.54, 1.807) is 6.20 Å². The van der Waals surface area contributed by atoms with Crippen molar-refractivity contribution in [1.29, 1.82) is 0 Å². The molecule has 3 heteroatoms. The van der Waals surface area contributed by atoms with E-state index >= 15 is 0 Å². The van der Waals surface area contributed by atoms with Crippen LogP contribution in [0.3, 0.4) is 0 Å². The molecule has 0 spiro atoms. The lowest BCUT2D eigenvalue weighted by Crippen LogP contribution is -1.97. The second-order valence-corrected chi connectivity index (χ2v) is 3.87. The molecule has 0 aliphatic rings. The molecule has 1 aromatic heterocycles. The molecule has 1 radical (unpaired) electrons. The lowest BCUT2D eigenvalue weighted by Gasteiger charge is -2.05. The van der Waals surface area contributed by atoms with Crippen molar-refractivity contribution in [2.24, 2.45) is 5.92 Å². The summed E-state index contributed by atoms with van der Waals surface area (Å²) in [6.45, 7) is 4.24. The molecule has 0 aliphatic carbocycles. The number of nitrogens with zero attached hydrogens (tertiary/aromatic N) is 1. The summed E-state index contributed by atoms with van der Waals surface area (Å²) < 4.78 is 0. The van der Waals surface area contributed by atoms with Gasteiger partial charge >= 0.3 is 0 Å². The highest BCUT2D eigenvalue weighted by molar-refractivity contribution is 6.34. The lowest BCUT2D eigenvalue weighted by atomic mass is 10.1. The van der Waals surface area contributed by atoms with E-state index in [1.165, 1.54) is 0 Å². The van der Waals surface area contributed by atoms with Crippen LogP contribution in [-0.4, -0.2) is 4.98 Å². The molecule has 0 bridgehead atoms. The summed E-state index contributed by atoms with van der Waals surface area (Å²) in [5.74, 6) is 0.546. The molecule has 0 unspecified atom stereocenters. The molecule has 1 rings (SSSR count). The van der Waals surface area contributed by atoms with Crippen molar-refractivity contribution in [2.45, 2.75) is 20.3 Å². The van der Waals surface area contributed by atoms with E-state index in [0.29, 0.717) is 16.0 Å². The normalized spacial score (nSPS) is 10.8. The first-order valence-electron chi connectivity index (χ1n) is 3.81. The zero-order valence-electron chi connectivity index (χ0n) is 7.06. The Hall–Kier alpha value is -0.270. The zero-order valence-corrected chi connectivity index (χ0v) is 8.58. The van der Waals surface area contributed by atoms with Crippen molar-refractivity contribution in [3.8, 4) is 0 Å². The van der Waals surface area contributed by atoms with E-state index < -0.39 is 0 Å². The van der Waals surface area contributed by atoms with Gasteiger partial charge in [0, 0.05) is 12.3 Å². The van der Waals surface area contributed by atoms with E-state index in [0.717, 1.165) is 12.1 Å². The Kier molecular flexibility index (Phi) is 3.36. The first-order valence-corrected chi connectivity index (χ1v) is 4.57. The molecule has 1 aromatic rings. The SMILES string of the molecule is CC(C)Cc1ncc(Cl)[c]c1Cl. The van der Waals surface area contributed by atoms with E-state index in [9.17, 15) is 0 Å². The van der Waals surface area contributed by atoms with Crippen LogP contribution in [0.15, 0.2) is 6.20 Å². The van der Waals surface area contributed by atoms with E-state index in [2.05, 4.69) is 24.9 Å². The van der Waals surface area contributed by atoms with Gasteiger partial charge in [0.05, 0.1) is 15.7 Å². The first-order chi connectivity index (χ1) is 5.59. The predicted molar refractivity (Wildman–Crippen MR) is 51.6 cm³/mol. The number of hydrogen-bond donors (Lipinski definition) is 0. The maximum atomic E-state index is 5.87. The Labute approximate surface area is 82.7 Å². The van der Waals surface area contributed by atoms with Gasteiger partial charge in [-0.3, -0.25) is 4.98 Å². The monoisotopic (exact) mass is 202 g/mol. The summed E-state index contributed by atoms with van der Waals surface area (Å²) in [6.07, 6.45) is 2.44. The van der Waals surface area contributed by atoms with Gasteiger partial charge in [0.15, 0.2) is 0 Å². The third-order valence-corrected chi connectivity index (χ3v) is 1.92. The highest BCUT2D eigenvalue weighted by Gasteiger charge is 2.05. The molecule has 0 fully saturated rings. The summed E-state index contributed by atoms with van der Waals surface area (Å²) >= 11 is 11.5. The maximum absolute atomic E-state index is 5.87. The molecular weight excluding hydrogens is 193 g/mol. The Balaban J connectivity index is 2.86. The van der Waals surface area contributed by atoms with E-state index in [-0.39, 0.29) is 0 Å². The van der Waals surface area contributed by atoms with Crippen molar-refractivity contribution >= 4 is 23.2 Å². The second-order valence-electron chi connectivity index (χ2n) is 3.09. The summed E-state index contributed by atoms with van der Waals surface area (Å²) in [6, 6.07) is 2.81. The van der Waals surface area contributed by atoms with Crippen molar-refractivity contribution < 1.29 is 0 Å². The van der Waals surface area contributed by atoms with Crippen molar-refractivity contribution in [1.82, 2.24) is 4.98 Å². The largest absolute Gasteiger partial charge is 0.258 e. The highest BCUT2D eigenvalue weighted by atomic mass is 35.5. The van der Waals surface area contributed by atoms with Crippen LogP contribution in [0.5, 0.6) is 0 Å². The van der Waals surface area contributed by atoms with Gasteiger partial charge in [-0.2, -0.15) is 0 Å². The van der Waals surface area contributed by atoms with Gasteiger partial charge in [-0.15, -0.1) is 0 Å². The third kappa shape index (κ3) is 2.65. The van der Waals surface area contributed by atoms with Gasteiger partial charge < -0.3 is 0 Å². The molecule has 0 saturated heterocycles. The first kappa shape index (κ1) is 9.82. The van der Waals surface area contributed by atoms with Gasteiger partial charge in [-0.1, -0.05) is 37.0 Å². The molecule has 1 nitrogen and oxygen atoms in total. The van der Waals surface area contributed by atoms with E-state index in [4.69, 9.17) is 23.2 Å². The number of rotatable bonds is 2. The molecule has 0 saturated carbocycles. The summed E-state index contributed by atoms with van der Waals surface area (Å²) in [7, 11) is 0. The Morgan fingerprint density at radius 1 is 1.50 bits per heavy atom. The van der Waals surface area contributed by atoms with Crippen LogP contribution in [0.1, 0.15) is 19.5 Å². The van der Waals surface area contributed by atoms with Crippen LogP contribution in [0, 0.1) is 12.0 Å². The van der Waals surface area contributed by atoms with Gasteiger partial charge in [-0.25, -0.2) is 0 Å². The summed E-state index contributed by atoms with van der Waals surface area (Å²) in [5.41, 5.74) is 0.871. The van der Waals surface area contributed by atoms with Crippen LogP contribution in [0.25, 0.3) is 0 Å². The average Bonchev–Trinajstić information content (AvgIpc) is 1.94. The van der Waals surface area contributed by atoms with E-state index in [1.807, 2.05) is 0 Å². The van der Waals surface area contributed by atoms with Crippen LogP contribution in [0.2, 0.25) is 10.0 Å². The topological polar surface area (TPSA) is 12.9 Å². The minimum atomic E-state index is 0.465. The second kappa shape index (κ2) is 4.11. The molecule has 1 heterocycles. The van der Waals surface area contributed by atoms with Crippen LogP contribution in [0.4, 0.5) is 0 Å². The Bertz CT molecular complexity index is 271. The fourth-order valence-corrected chi connectivity index (χ4v) is 1.35. The molecule has 0 N–H and O–H groups in total. The van der Waals surface area contributed by atoms with Gasteiger partial charge in [0.2, 0.25) is 0 Å². The van der Waals surface area contributed by atoms with Gasteiger partial charge in [-0.05, 0) is 12.3 Å². The molecular formula is C9H10Cl2N. The molecule has 0 atom stereocenters. The maximum Gasteiger partial charge on any atom is 0.0716 e. The minimum absolute atomic E-state index is 0.465. The van der Waals surface area contributed by atoms with Crippen LogP contribution in [-0.2, 0) is 6.42 Å². The van der Waals surface area contributed by atoms with Gasteiger partial charge in [0.1, 0.15) is 0 Å². The standard InChI is InChI=1S/C9H10Cl2N/c1-6(2)3-9-8(11)4-7(10)5-12-9/h5-6H,3H2,1-2H3. The smallest absolute Gasteiger partial charge is 0.0716 e. The summed E-state index contributed by atoms with van der Waals surface area (Å²) in [4.78, 5) is 4.12. The molecule has 0 aliphatic heterocycles. The van der Waals surface area contributed by atoms with Crippen LogP contribution < -0.4 is 0 Å². The quantitative estimate of drug-likeness (QED) is 0.717. The van der Waals surface area contributed by atoms with Crippen molar-refractivity contribution in [2.75, 3.05) is 0 Å². The molecule has 65 valence electrons. The fraction of sp³-hybridized carbons (Fsp3) is 0.444. The number of aromatic nitrogens is 1. The number of hydrogen-bond acceptors (Lipinski definition) is 1. The predicted octanol–water partition coefficient (Wildman–Crippen LogP) is 3.39. The average molecular weight is 203 g/mol. The highest BCUT2D eigenvalue weighted by Crippen LogP contribution is 2.19. The Morgan fingerprint density at radius 3 is 2.67 bits per heavy atom. The number of halogens is 2. The van der Waals surface area contributed by atoms with Crippen molar-refractivity contribution in [3.05, 3.63) is 28.0 Å². The van der Waals surface area contributed by atoms with Gasteiger partial charge in [0.25, 0.3) is 0 Å². The molecule has 12 heavy (non-hydrogen) atoms. The number of pyridine rings is 1. The zero-order chi connectivity index (χ0) is 9.14. The molecule has 0 amide bonds. The van der Waals surface area contributed by atoms with Crippen molar-refractivity contribution in [3.63, 3.8) is 0 Å². The fourth-order valence-electron chi connectivity index (χ4n) is 0.930. The van der Waals surface area contributed by atoms with Crippen LogP contribution >= 0.6 is 23.2 Å².